The van der Waals surface area contributed by atoms with Crippen LogP contribution in [0, 0.1) is 0 Å². The molecule has 0 fully saturated rings. The quantitative estimate of drug-likeness (QED) is 0.518. The van der Waals surface area contributed by atoms with Gasteiger partial charge in [-0.05, 0) is 38.1 Å². The molecule has 3 heterocycles. The summed E-state index contributed by atoms with van der Waals surface area (Å²) in [6, 6.07) is 11.8. The summed E-state index contributed by atoms with van der Waals surface area (Å²) in [4.78, 5) is 13.3. The highest BCUT2D eigenvalue weighted by molar-refractivity contribution is 7.92. The molecule has 0 unspecified atom stereocenters. The molecule has 0 spiro atoms. The zero-order valence-electron chi connectivity index (χ0n) is 16.4. The van der Waals surface area contributed by atoms with E-state index in [2.05, 4.69) is 20.1 Å². The van der Waals surface area contributed by atoms with E-state index in [1.165, 1.54) is 0 Å². The van der Waals surface area contributed by atoms with E-state index < -0.39 is 15.1 Å². The molecule has 4 rings (SSSR count). The summed E-state index contributed by atoms with van der Waals surface area (Å²) in [5, 5.41) is 3.55. The SMILES string of the molecule is CC(C)S(=O)(=O)c1ccc(-c2cncc(-c3cc(-c4ccc(N)cn4)no3)n2)cc1. The van der Waals surface area contributed by atoms with Crippen LogP contribution >= 0.6 is 0 Å². The molecule has 4 aromatic rings. The van der Waals surface area contributed by atoms with Gasteiger partial charge in [-0.1, -0.05) is 17.3 Å². The van der Waals surface area contributed by atoms with Crippen LogP contribution in [0.25, 0.3) is 34.1 Å². The Morgan fingerprint density at radius 2 is 1.63 bits per heavy atom. The first-order valence-corrected chi connectivity index (χ1v) is 10.7. The molecule has 1 aromatic carbocycles. The maximum atomic E-state index is 12.3. The molecule has 0 amide bonds. The first-order chi connectivity index (χ1) is 14.3. The van der Waals surface area contributed by atoms with Crippen LogP contribution in [-0.4, -0.2) is 33.8 Å². The fourth-order valence-corrected chi connectivity index (χ4v) is 3.84. The van der Waals surface area contributed by atoms with Gasteiger partial charge in [0, 0.05) is 11.6 Å². The first kappa shape index (κ1) is 19.7. The van der Waals surface area contributed by atoms with Crippen LogP contribution in [-0.2, 0) is 9.84 Å². The van der Waals surface area contributed by atoms with Gasteiger partial charge in [-0.25, -0.2) is 13.4 Å². The van der Waals surface area contributed by atoms with Gasteiger partial charge >= 0.3 is 0 Å². The van der Waals surface area contributed by atoms with Gasteiger partial charge in [0.1, 0.15) is 11.4 Å². The Bertz CT molecular complexity index is 1280. The second-order valence-electron chi connectivity index (χ2n) is 6.96. The normalized spacial score (nSPS) is 11.7. The molecule has 0 bridgehead atoms. The number of sulfone groups is 1. The third-order valence-electron chi connectivity index (χ3n) is 4.55. The van der Waals surface area contributed by atoms with Crippen molar-refractivity contribution in [2.24, 2.45) is 0 Å². The predicted molar refractivity (Wildman–Crippen MR) is 113 cm³/mol. The lowest BCUT2D eigenvalue weighted by Gasteiger charge is -2.08. The molecule has 0 aliphatic carbocycles. The third-order valence-corrected chi connectivity index (χ3v) is 6.72. The second-order valence-corrected chi connectivity index (χ2v) is 9.47. The molecule has 0 saturated heterocycles. The van der Waals surface area contributed by atoms with E-state index in [0.717, 1.165) is 5.56 Å². The minimum atomic E-state index is -3.33. The zero-order valence-corrected chi connectivity index (χ0v) is 17.2. The van der Waals surface area contributed by atoms with Crippen molar-refractivity contribution >= 4 is 15.5 Å². The van der Waals surface area contributed by atoms with Gasteiger partial charge in [-0.15, -0.1) is 0 Å². The highest BCUT2D eigenvalue weighted by atomic mass is 32.2. The van der Waals surface area contributed by atoms with E-state index >= 15 is 0 Å². The van der Waals surface area contributed by atoms with Crippen molar-refractivity contribution in [1.82, 2.24) is 20.1 Å². The van der Waals surface area contributed by atoms with Crippen molar-refractivity contribution in [3.05, 3.63) is 61.1 Å². The average Bonchev–Trinajstić information content (AvgIpc) is 3.25. The Morgan fingerprint density at radius 3 is 2.30 bits per heavy atom. The maximum absolute atomic E-state index is 12.3. The third kappa shape index (κ3) is 3.79. The Labute approximate surface area is 173 Å². The monoisotopic (exact) mass is 421 g/mol. The summed E-state index contributed by atoms with van der Waals surface area (Å²) in [7, 11) is -3.33. The molecule has 0 atom stereocenters. The smallest absolute Gasteiger partial charge is 0.187 e. The average molecular weight is 421 g/mol. The van der Waals surface area contributed by atoms with Crippen LogP contribution in [0.3, 0.4) is 0 Å². The Kier molecular flexibility index (Phi) is 5.04. The molecular formula is C21H19N5O3S. The first-order valence-electron chi connectivity index (χ1n) is 9.20. The topological polar surface area (TPSA) is 125 Å². The maximum Gasteiger partial charge on any atom is 0.187 e. The number of aromatic nitrogens is 4. The number of hydrogen-bond acceptors (Lipinski definition) is 8. The lowest BCUT2D eigenvalue weighted by molar-refractivity contribution is 0.433. The molecule has 8 nitrogen and oxygen atoms in total. The molecule has 0 saturated carbocycles. The van der Waals surface area contributed by atoms with Crippen molar-refractivity contribution in [3.63, 3.8) is 0 Å². The number of nitrogens with zero attached hydrogens (tertiary/aromatic N) is 4. The highest BCUT2D eigenvalue weighted by Gasteiger charge is 2.19. The molecule has 152 valence electrons. The van der Waals surface area contributed by atoms with Gasteiger partial charge in [-0.3, -0.25) is 9.97 Å². The van der Waals surface area contributed by atoms with Gasteiger partial charge in [-0.2, -0.15) is 0 Å². The standard InChI is InChI=1S/C21H19N5O3S/c1-13(2)30(27,28)16-6-3-14(4-7-16)19-11-23-12-20(25-19)21-9-18(26-29-21)17-8-5-15(22)10-24-17/h3-13H,22H2,1-2H3. The molecule has 2 N–H and O–H groups in total. The number of benzene rings is 1. The largest absolute Gasteiger partial charge is 0.397 e. The van der Waals surface area contributed by atoms with Crippen LogP contribution in [0.4, 0.5) is 5.69 Å². The van der Waals surface area contributed by atoms with Crippen molar-refractivity contribution < 1.29 is 12.9 Å². The minimum absolute atomic E-state index is 0.279. The lowest BCUT2D eigenvalue weighted by Crippen LogP contribution is -2.13. The predicted octanol–water partition coefficient (Wildman–Crippen LogP) is 3.62. The molecule has 3 aromatic heterocycles. The fraction of sp³-hybridized carbons (Fsp3) is 0.143. The Balaban J connectivity index is 1.63. The van der Waals surface area contributed by atoms with Gasteiger partial charge in [0.25, 0.3) is 0 Å². The summed E-state index contributed by atoms with van der Waals surface area (Å²) < 4.78 is 30.0. The van der Waals surface area contributed by atoms with E-state index in [1.54, 1.807) is 74.9 Å². The van der Waals surface area contributed by atoms with E-state index in [0.29, 0.717) is 34.2 Å². The van der Waals surface area contributed by atoms with Gasteiger partial charge in [0.05, 0.1) is 45.8 Å². The van der Waals surface area contributed by atoms with Gasteiger partial charge < -0.3 is 10.3 Å². The molecule has 30 heavy (non-hydrogen) atoms. The number of anilines is 1. The second kappa shape index (κ2) is 7.68. The van der Waals surface area contributed by atoms with Gasteiger partial charge in [0.2, 0.25) is 0 Å². The zero-order chi connectivity index (χ0) is 21.3. The molecule has 9 heteroatoms. The fourth-order valence-electron chi connectivity index (χ4n) is 2.78. The highest BCUT2D eigenvalue weighted by Crippen LogP contribution is 2.26. The van der Waals surface area contributed by atoms with E-state index in [-0.39, 0.29) is 4.90 Å². The molecule has 0 radical (unpaired) electrons. The van der Waals surface area contributed by atoms with E-state index in [1.807, 2.05) is 0 Å². The van der Waals surface area contributed by atoms with E-state index in [4.69, 9.17) is 10.3 Å². The summed E-state index contributed by atoms with van der Waals surface area (Å²) in [6.07, 6.45) is 4.73. The lowest BCUT2D eigenvalue weighted by atomic mass is 10.1. The van der Waals surface area contributed by atoms with Gasteiger partial charge in [0.15, 0.2) is 15.6 Å². The van der Waals surface area contributed by atoms with Crippen LogP contribution in [0.1, 0.15) is 13.8 Å². The van der Waals surface area contributed by atoms with E-state index in [9.17, 15) is 8.42 Å². The van der Waals surface area contributed by atoms with Crippen LogP contribution in [0.5, 0.6) is 0 Å². The molecular weight excluding hydrogens is 402 g/mol. The van der Waals surface area contributed by atoms with Crippen molar-refractivity contribution in [3.8, 4) is 34.1 Å². The minimum Gasteiger partial charge on any atom is -0.397 e. The Morgan fingerprint density at radius 1 is 0.900 bits per heavy atom. The molecule has 0 aliphatic rings. The van der Waals surface area contributed by atoms with Crippen LogP contribution in [0.2, 0.25) is 0 Å². The number of hydrogen-bond donors (Lipinski definition) is 1. The van der Waals surface area contributed by atoms with Crippen molar-refractivity contribution in [2.75, 3.05) is 5.73 Å². The van der Waals surface area contributed by atoms with Crippen LogP contribution in [0.15, 0.2) is 70.5 Å². The number of nitrogen functional groups attached to an aromatic ring is 1. The van der Waals surface area contributed by atoms with Crippen molar-refractivity contribution in [1.29, 1.82) is 0 Å². The number of pyridine rings is 1. The van der Waals surface area contributed by atoms with Crippen LogP contribution < -0.4 is 5.73 Å². The number of rotatable bonds is 5. The summed E-state index contributed by atoms with van der Waals surface area (Å²) in [6.45, 7) is 3.31. The summed E-state index contributed by atoms with van der Waals surface area (Å²) >= 11 is 0. The summed E-state index contributed by atoms with van der Waals surface area (Å²) in [5.41, 5.74) is 9.24. The summed E-state index contributed by atoms with van der Waals surface area (Å²) in [5.74, 6) is 0.442. The molecule has 0 aliphatic heterocycles. The van der Waals surface area contributed by atoms with Crippen molar-refractivity contribution in [2.45, 2.75) is 24.0 Å². The Hall–Kier alpha value is -3.59. The number of nitrogens with two attached hydrogens (primary N) is 1.